The lowest BCUT2D eigenvalue weighted by atomic mass is 9.97. The number of aryl methyl sites for hydroxylation is 1. The zero-order valence-corrected chi connectivity index (χ0v) is 20.4. The second-order valence-electron chi connectivity index (χ2n) is 8.85. The van der Waals surface area contributed by atoms with Gasteiger partial charge in [0.1, 0.15) is 24.2 Å². The molecule has 0 saturated carbocycles. The molecule has 0 aliphatic carbocycles. The number of piperidine rings is 1. The normalized spacial score (nSPS) is 15.9. The van der Waals surface area contributed by atoms with Gasteiger partial charge >= 0.3 is 0 Å². The quantitative estimate of drug-likeness (QED) is 0.370. The van der Waals surface area contributed by atoms with Crippen LogP contribution in [0.25, 0.3) is 17.5 Å². The molecular formula is C27H27FN6O2. The molecule has 1 saturated heterocycles. The number of ether oxygens (including phenoxy) is 1. The van der Waals surface area contributed by atoms with Gasteiger partial charge in [0.2, 0.25) is 5.91 Å². The third-order valence-corrected chi connectivity index (χ3v) is 6.50. The van der Waals surface area contributed by atoms with Gasteiger partial charge < -0.3 is 14.2 Å². The van der Waals surface area contributed by atoms with E-state index in [-0.39, 0.29) is 11.7 Å². The number of methoxy groups -OCH3 is 1. The number of imidazole rings is 1. The first-order valence-corrected chi connectivity index (χ1v) is 11.8. The Bertz CT molecular complexity index is 1430. The summed E-state index contributed by atoms with van der Waals surface area (Å²) in [7, 11) is 1.62. The van der Waals surface area contributed by atoms with Crippen LogP contribution in [0.4, 0.5) is 4.39 Å². The average molecular weight is 487 g/mol. The molecular weight excluding hydrogens is 459 g/mol. The van der Waals surface area contributed by atoms with Crippen molar-refractivity contribution in [2.75, 3.05) is 13.7 Å². The van der Waals surface area contributed by atoms with E-state index in [9.17, 15) is 4.79 Å². The molecule has 36 heavy (non-hydrogen) atoms. The van der Waals surface area contributed by atoms with Gasteiger partial charge in [-0.2, -0.15) is 5.10 Å². The van der Waals surface area contributed by atoms with Crippen LogP contribution in [-0.2, 0) is 4.79 Å². The maximum absolute atomic E-state index is 15.0. The number of carbonyl (C=O) groups excluding carboxylic acids is 1. The summed E-state index contributed by atoms with van der Waals surface area (Å²) in [4.78, 5) is 23.3. The molecule has 9 heteroatoms. The summed E-state index contributed by atoms with van der Waals surface area (Å²) in [6.45, 7) is 4.36. The number of hydrogen-bond acceptors (Lipinski definition) is 5. The van der Waals surface area contributed by atoms with Gasteiger partial charge in [0.25, 0.3) is 0 Å². The number of benzene rings is 2. The van der Waals surface area contributed by atoms with E-state index in [1.165, 1.54) is 23.4 Å². The number of rotatable bonds is 6. The maximum atomic E-state index is 15.0. The lowest BCUT2D eigenvalue weighted by molar-refractivity contribution is -0.130. The second kappa shape index (κ2) is 9.77. The van der Waals surface area contributed by atoms with Crippen LogP contribution in [-0.4, -0.2) is 48.8 Å². The van der Waals surface area contributed by atoms with Crippen molar-refractivity contribution in [3.05, 3.63) is 89.8 Å². The summed E-state index contributed by atoms with van der Waals surface area (Å²) in [5, 5.41) is 4.04. The standard InChI is InChI=1S/C27H27FN6O2/c1-18-14-32(17-30-18)25-9-6-20(12-26(25)36-3)11-21-5-4-10-33(27(21)35)19(2)23-8-7-22(13-24(23)28)34-16-29-15-31-34/h6-9,11-17,19H,4-5,10H2,1-3H3/t19-/m0/s1. The Labute approximate surface area is 208 Å². The van der Waals surface area contributed by atoms with E-state index in [1.54, 1.807) is 30.5 Å². The van der Waals surface area contributed by atoms with Crippen LogP contribution in [0.1, 0.15) is 42.6 Å². The van der Waals surface area contributed by atoms with E-state index in [2.05, 4.69) is 15.1 Å². The third-order valence-electron chi connectivity index (χ3n) is 6.50. The molecule has 0 radical (unpaired) electrons. The van der Waals surface area contributed by atoms with Crippen LogP contribution < -0.4 is 4.74 Å². The first kappa shape index (κ1) is 23.5. The molecule has 2 aromatic carbocycles. The molecule has 8 nitrogen and oxygen atoms in total. The van der Waals surface area contributed by atoms with Gasteiger partial charge in [0.15, 0.2) is 0 Å². The highest BCUT2D eigenvalue weighted by atomic mass is 19.1. The zero-order chi connectivity index (χ0) is 25.2. The minimum Gasteiger partial charge on any atom is -0.495 e. The van der Waals surface area contributed by atoms with Crippen molar-refractivity contribution in [3.8, 4) is 17.1 Å². The number of aromatic nitrogens is 5. The van der Waals surface area contributed by atoms with Crippen molar-refractivity contribution in [2.24, 2.45) is 0 Å². The van der Waals surface area contributed by atoms with E-state index in [4.69, 9.17) is 4.74 Å². The summed E-state index contributed by atoms with van der Waals surface area (Å²) in [6, 6.07) is 10.3. The van der Waals surface area contributed by atoms with Gasteiger partial charge in [-0.05, 0) is 62.6 Å². The van der Waals surface area contributed by atoms with Crippen LogP contribution in [0.3, 0.4) is 0 Å². The second-order valence-corrected chi connectivity index (χ2v) is 8.85. The van der Waals surface area contributed by atoms with Crippen LogP contribution in [0.5, 0.6) is 5.75 Å². The van der Waals surface area contributed by atoms with Gasteiger partial charge in [0, 0.05) is 23.9 Å². The van der Waals surface area contributed by atoms with Gasteiger partial charge in [-0.3, -0.25) is 4.79 Å². The summed E-state index contributed by atoms with van der Waals surface area (Å²) in [5.74, 6) is 0.223. The van der Waals surface area contributed by atoms with Crippen molar-refractivity contribution >= 4 is 12.0 Å². The smallest absolute Gasteiger partial charge is 0.250 e. The number of amides is 1. The van der Waals surface area contributed by atoms with E-state index in [0.717, 1.165) is 23.4 Å². The van der Waals surface area contributed by atoms with Crippen molar-refractivity contribution in [2.45, 2.75) is 32.7 Å². The van der Waals surface area contributed by atoms with Crippen LogP contribution >= 0.6 is 0 Å². The molecule has 3 heterocycles. The number of halogens is 1. The highest BCUT2D eigenvalue weighted by Gasteiger charge is 2.29. The predicted molar refractivity (Wildman–Crippen MR) is 134 cm³/mol. The van der Waals surface area contributed by atoms with Gasteiger partial charge in [-0.1, -0.05) is 12.1 Å². The summed E-state index contributed by atoms with van der Waals surface area (Å²) < 4.78 is 24.1. The van der Waals surface area contributed by atoms with E-state index >= 15 is 4.39 Å². The highest BCUT2D eigenvalue weighted by molar-refractivity contribution is 5.98. The highest BCUT2D eigenvalue weighted by Crippen LogP contribution is 2.32. The SMILES string of the molecule is COc1cc(C=C2CCCN([C@@H](C)c3ccc(-n4cncn4)cc3F)C2=O)ccc1-n1cnc(C)c1. The van der Waals surface area contributed by atoms with Crippen molar-refractivity contribution in [1.82, 2.24) is 29.2 Å². The molecule has 1 aliphatic heterocycles. The fraction of sp³-hybridized carbons (Fsp3) is 0.259. The Morgan fingerprint density at radius 1 is 1.17 bits per heavy atom. The van der Waals surface area contributed by atoms with E-state index < -0.39 is 6.04 Å². The molecule has 0 N–H and O–H groups in total. The largest absolute Gasteiger partial charge is 0.495 e. The third kappa shape index (κ3) is 4.51. The lowest BCUT2D eigenvalue weighted by Gasteiger charge is -2.34. The summed E-state index contributed by atoms with van der Waals surface area (Å²) >= 11 is 0. The Kier molecular flexibility index (Phi) is 6.37. The van der Waals surface area contributed by atoms with E-state index in [0.29, 0.717) is 35.5 Å². The van der Waals surface area contributed by atoms with Crippen LogP contribution in [0.2, 0.25) is 0 Å². The fourth-order valence-corrected chi connectivity index (χ4v) is 4.59. The number of likely N-dealkylation sites (tertiary alicyclic amines) is 1. The molecule has 0 unspecified atom stereocenters. The molecule has 0 spiro atoms. The molecule has 184 valence electrons. The van der Waals surface area contributed by atoms with Crippen molar-refractivity contribution in [1.29, 1.82) is 0 Å². The van der Waals surface area contributed by atoms with Gasteiger partial charge in [0.05, 0.1) is 36.5 Å². The minimum atomic E-state index is -0.410. The number of hydrogen-bond donors (Lipinski definition) is 0. The topological polar surface area (TPSA) is 78.1 Å². The molecule has 2 aromatic heterocycles. The Balaban J connectivity index is 1.38. The Morgan fingerprint density at radius 2 is 2.03 bits per heavy atom. The zero-order valence-electron chi connectivity index (χ0n) is 20.4. The lowest BCUT2D eigenvalue weighted by Crippen LogP contribution is -2.39. The molecule has 5 rings (SSSR count). The number of carbonyl (C=O) groups is 1. The average Bonchev–Trinajstić information content (AvgIpc) is 3.57. The van der Waals surface area contributed by atoms with Crippen LogP contribution in [0, 0.1) is 12.7 Å². The van der Waals surface area contributed by atoms with Gasteiger partial charge in [-0.25, -0.2) is 19.0 Å². The first-order chi connectivity index (χ1) is 17.4. The summed E-state index contributed by atoms with van der Waals surface area (Å²) in [5.41, 5.74) is 4.39. The molecule has 0 bridgehead atoms. The Hall–Kier alpha value is -4.27. The van der Waals surface area contributed by atoms with Crippen molar-refractivity contribution in [3.63, 3.8) is 0 Å². The molecule has 1 fully saturated rings. The van der Waals surface area contributed by atoms with Crippen molar-refractivity contribution < 1.29 is 13.9 Å². The molecule has 1 atom stereocenters. The molecule has 1 amide bonds. The number of nitrogens with zero attached hydrogens (tertiary/aromatic N) is 6. The summed E-state index contributed by atoms with van der Waals surface area (Å²) in [6.07, 6.45) is 9.96. The monoisotopic (exact) mass is 486 g/mol. The fourth-order valence-electron chi connectivity index (χ4n) is 4.59. The van der Waals surface area contributed by atoms with Gasteiger partial charge in [-0.15, -0.1) is 0 Å². The molecule has 1 aliphatic rings. The van der Waals surface area contributed by atoms with Crippen LogP contribution in [0.15, 0.2) is 67.2 Å². The first-order valence-electron chi connectivity index (χ1n) is 11.8. The molecule has 4 aromatic rings. The van der Waals surface area contributed by atoms with E-state index in [1.807, 2.05) is 48.9 Å². The predicted octanol–water partition coefficient (Wildman–Crippen LogP) is 4.68. The Morgan fingerprint density at radius 3 is 2.72 bits per heavy atom. The minimum absolute atomic E-state index is 0.0817. The maximum Gasteiger partial charge on any atom is 0.250 e.